The van der Waals surface area contributed by atoms with E-state index in [1.165, 1.54) is 0 Å². The van der Waals surface area contributed by atoms with Crippen LogP contribution >= 0.6 is 0 Å². The maximum atomic E-state index is 11.9. The van der Waals surface area contributed by atoms with E-state index >= 15 is 0 Å². The molecule has 1 N–H and O–H groups in total. The average molecular weight is 270 g/mol. The Labute approximate surface area is 119 Å². The summed E-state index contributed by atoms with van der Waals surface area (Å²) in [7, 11) is 1.75. The summed E-state index contributed by atoms with van der Waals surface area (Å²) in [5.74, 6) is 1.36. The Hall–Kier alpha value is -2.49. The molecule has 2 rings (SSSR count). The Morgan fingerprint density at radius 2 is 1.75 bits per heavy atom. The Kier molecular flexibility index (Phi) is 4.60. The molecule has 0 aliphatic rings. The number of amides is 2. The summed E-state index contributed by atoms with van der Waals surface area (Å²) < 4.78 is 5.79. The van der Waals surface area contributed by atoms with E-state index in [1.54, 1.807) is 11.9 Å². The number of urea groups is 1. The van der Waals surface area contributed by atoms with E-state index in [9.17, 15) is 4.79 Å². The third-order valence-electron chi connectivity index (χ3n) is 2.92. The lowest BCUT2D eigenvalue weighted by molar-refractivity contribution is 0.224. The molecule has 0 spiro atoms. The molecule has 20 heavy (non-hydrogen) atoms. The number of anilines is 1. The van der Waals surface area contributed by atoms with Gasteiger partial charge in [0.2, 0.25) is 0 Å². The van der Waals surface area contributed by atoms with Crippen LogP contribution in [0.15, 0.2) is 54.6 Å². The molecule has 0 unspecified atom stereocenters. The van der Waals surface area contributed by atoms with E-state index in [0.717, 1.165) is 5.75 Å². The van der Waals surface area contributed by atoms with Crippen molar-refractivity contribution < 1.29 is 9.53 Å². The van der Waals surface area contributed by atoms with Crippen LogP contribution < -0.4 is 10.1 Å². The van der Waals surface area contributed by atoms with Gasteiger partial charge in [0.15, 0.2) is 5.75 Å². The van der Waals surface area contributed by atoms with Gasteiger partial charge in [-0.05, 0) is 31.2 Å². The Bertz CT molecular complexity index is 570. The van der Waals surface area contributed by atoms with E-state index < -0.39 is 0 Å². The van der Waals surface area contributed by atoms with Crippen molar-refractivity contribution >= 4 is 11.7 Å². The maximum Gasteiger partial charge on any atom is 0.321 e. The smallest absolute Gasteiger partial charge is 0.321 e. The fourth-order valence-corrected chi connectivity index (χ4v) is 1.63. The highest BCUT2D eigenvalue weighted by Crippen LogP contribution is 2.29. The number of hydrogen-bond acceptors (Lipinski definition) is 2. The third-order valence-corrected chi connectivity index (χ3v) is 2.92. The minimum absolute atomic E-state index is 0.156. The second-order valence-corrected chi connectivity index (χ2v) is 4.36. The molecule has 0 atom stereocenters. The van der Waals surface area contributed by atoms with Gasteiger partial charge in [-0.3, -0.25) is 0 Å². The molecule has 0 heterocycles. The highest BCUT2D eigenvalue weighted by Gasteiger charge is 2.10. The van der Waals surface area contributed by atoms with E-state index in [2.05, 4.69) is 5.32 Å². The molecule has 4 nitrogen and oxygen atoms in total. The fourth-order valence-electron chi connectivity index (χ4n) is 1.63. The van der Waals surface area contributed by atoms with Gasteiger partial charge in [-0.25, -0.2) is 4.79 Å². The van der Waals surface area contributed by atoms with E-state index in [-0.39, 0.29) is 6.03 Å². The number of hydrogen-bond donors (Lipinski definition) is 1. The number of benzene rings is 2. The predicted molar refractivity (Wildman–Crippen MR) is 80.3 cm³/mol. The van der Waals surface area contributed by atoms with Crippen LogP contribution in [-0.4, -0.2) is 24.5 Å². The number of para-hydroxylation sites is 3. The number of carbonyl (C=O) groups excluding carboxylic acids is 1. The van der Waals surface area contributed by atoms with Gasteiger partial charge in [-0.1, -0.05) is 30.3 Å². The maximum absolute atomic E-state index is 11.9. The molecule has 0 saturated heterocycles. The fraction of sp³-hybridized carbons (Fsp3) is 0.188. The van der Waals surface area contributed by atoms with Crippen molar-refractivity contribution in [3.63, 3.8) is 0 Å². The van der Waals surface area contributed by atoms with Crippen molar-refractivity contribution in [3.05, 3.63) is 54.6 Å². The second-order valence-electron chi connectivity index (χ2n) is 4.36. The Morgan fingerprint density at radius 3 is 2.45 bits per heavy atom. The van der Waals surface area contributed by atoms with Crippen LogP contribution in [0.1, 0.15) is 6.92 Å². The van der Waals surface area contributed by atoms with Crippen molar-refractivity contribution in [2.75, 3.05) is 18.9 Å². The lowest BCUT2D eigenvalue weighted by Gasteiger charge is -2.17. The quantitative estimate of drug-likeness (QED) is 0.913. The summed E-state index contributed by atoms with van der Waals surface area (Å²) in [6.07, 6.45) is 0. The van der Waals surface area contributed by atoms with Crippen molar-refractivity contribution in [2.24, 2.45) is 0 Å². The Morgan fingerprint density at radius 1 is 1.10 bits per heavy atom. The first-order chi connectivity index (χ1) is 9.70. The molecule has 0 radical (unpaired) electrons. The summed E-state index contributed by atoms with van der Waals surface area (Å²) >= 11 is 0. The van der Waals surface area contributed by atoms with Crippen molar-refractivity contribution in [2.45, 2.75) is 6.92 Å². The average Bonchev–Trinajstić information content (AvgIpc) is 2.49. The van der Waals surface area contributed by atoms with Crippen LogP contribution in [0, 0.1) is 0 Å². The standard InChI is InChI=1S/C16H18N2O2/c1-3-18(2)16(19)17-14-11-7-8-12-15(14)20-13-9-5-4-6-10-13/h4-12H,3H2,1-2H3,(H,17,19). The minimum Gasteiger partial charge on any atom is -0.455 e. The second kappa shape index (κ2) is 6.61. The molecule has 0 bridgehead atoms. The van der Waals surface area contributed by atoms with Crippen LogP contribution in [0.4, 0.5) is 10.5 Å². The van der Waals surface area contributed by atoms with E-state index in [1.807, 2.05) is 61.5 Å². The van der Waals surface area contributed by atoms with Crippen molar-refractivity contribution in [1.82, 2.24) is 4.90 Å². The Balaban J connectivity index is 2.16. The van der Waals surface area contributed by atoms with Gasteiger partial charge < -0.3 is 15.0 Å². The van der Waals surface area contributed by atoms with Crippen LogP contribution in [0.2, 0.25) is 0 Å². The van der Waals surface area contributed by atoms with Gasteiger partial charge in [0, 0.05) is 13.6 Å². The zero-order chi connectivity index (χ0) is 14.4. The third kappa shape index (κ3) is 3.51. The molecular formula is C16H18N2O2. The van der Waals surface area contributed by atoms with Gasteiger partial charge in [0.05, 0.1) is 5.69 Å². The molecule has 0 fully saturated rings. The number of carbonyl (C=O) groups is 1. The molecular weight excluding hydrogens is 252 g/mol. The van der Waals surface area contributed by atoms with Crippen LogP contribution in [0.25, 0.3) is 0 Å². The topological polar surface area (TPSA) is 41.6 Å². The first-order valence-corrected chi connectivity index (χ1v) is 6.54. The molecule has 0 saturated carbocycles. The minimum atomic E-state index is -0.156. The zero-order valence-electron chi connectivity index (χ0n) is 11.7. The summed E-state index contributed by atoms with van der Waals surface area (Å²) in [4.78, 5) is 13.5. The van der Waals surface area contributed by atoms with Crippen molar-refractivity contribution in [1.29, 1.82) is 0 Å². The highest BCUT2D eigenvalue weighted by molar-refractivity contribution is 5.90. The van der Waals surface area contributed by atoms with Gasteiger partial charge in [-0.2, -0.15) is 0 Å². The van der Waals surface area contributed by atoms with Crippen LogP contribution in [0.3, 0.4) is 0 Å². The highest BCUT2D eigenvalue weighted by atomic mass is 16.5. The molecule has 0 aliphatic heterocycles. The van der Waals surface area contributed by atoms with Gasteiger partial charge >= 0.3 is 6.03 Å². The number of ether oxygens (including phenoxy) is 1. The first kappa shape index (κ1) is 13.9. The zero-order valence-corrected chi connectivity index (χ0v) is 11.7. The largest absolute Gasteiger partial charge is 0.455 e. The van der Waals surface area contributed by atoms with Gasteiger partial charge in [0.1, 0.15) is 5.75 Å². The summed E-state index contributed by atoms with van der Waals surface area (Å²) in [5.41, 5.74) is 0.654. The molecule has 2 amide bonds. The number of nitrogens with zero attached hydrogens (tertiary/aromatic N) is 1. The number of nitrogens with one attached hydrogen (secondary N) is 1. The van der Waals surface area contributed by atoms with Gasteiger partial charge in [0.25, 0.3) is 0 Å². The first-order valence-electron chi connectivity index (χ1n) is 6.54. The molecule has 2 aromatic rings. The summed E-state index contributed by atoms with van der Waals surface area (Å²) in [5, 5.41) is 2.84. The van der Waals surface area contributed by atoms with Crippen LogP contribution in [-0.2, 0) is 0 Å². The number of rotatable bonds is 4. The normalized spacial score (nSPS) is 9.90. The molecule has 2 aromatic carbocycles. The molecule has 4 heteroatoms. The molecule has 0 aliphatic carbocycles. The van der Waals surface area contributed by atoms with E-state index in [0.29, 0.717) is 18.0 Å². The molecule has 104 valence electrons. The SMILES string of the molecule is CCN(C)C(=O)Nc1ccccc1Oc1ccccc1. The molecule has 0 aromatic heterocycles. The predicted octanol–water partition coefficient (Wildman–Crippen LogP) is 3.96. The van der Waals surface area contributed by atoms with Gasteiger partial charge in [-0.15, -0.1) is 0 Å². The van der Waals surface area contributed by atoms with Crippen molar-refractivity contribution in [3.8, 4) is 11.5 Å². The lowest BCUT2D eigenvalue weighted by Crippen LogP contribution is -2.31. The monoisotopic (exact) mass is 270 g/mol. The summed E-state index contributed by atoms with van der Waals surface area (Å²) in [6.45, 7) is 2.57. The summed E-state index contributed by atoms with van der Waals surface area (Å²) in [6, 6.07) is 16.7. The van der Waals surface area contributed by atoms with Crippen LogP contribution in [0.5, 0.6) is 11.5 Å². The lowest BCUT2D eigenvalue weighted by atomic mass is 10.3. The van der Waals surface area contributed by atoms with E-state index in [4.69, 9.17) is 4.74 Å².